The van der Waals surface area contributed by atoms with Crippen LogP contribution in [0.3, 0.4) is 0 Å². The van der Waals surface area contributed by atoms with Gasteiger partial charge in [0.05, 0.1) is 0 Å². The summed E-state index contributed by atoms with van der Waals surface area (Å²) in [5.74, 6) is -4.17. The minimum Gasteiger partial charge on any atom is -0.481 e. The first-order valence-electron chi connectivity index (χ1n) is 11.0. The third-order valence-electron chi connectivity index (χ3n) is 1.97. The quantitative estimate of drug-likeness (QED) is 0.157. The van der Waals surface area contributed by atoms with E-state index in [1.54, 1.807) is 6.92 Å². The molecule has 13 N–H and O–H groups in total. The Morgan fingerprint density at radius 2 is 0.921 bits per heavy atom. The maximum atomic E-state index is 9.00. The zero-order valence-electron chi connectivity index (χ0n) is 23.0. The van der Waals surface area contributed by atoms with Gasteiger partial charge in [-0.3, -0.25) is 24.0 Å². The van der Waals surface area contributed by atoms with Crippen LogP contribution in [0.4, 0.5) is 0 Å². The largest absolute Gasteiger partial charge is 0.481 e. The standard InChI is InChI=1S/C11H19N3.C2H8N2.5C2H4O2/c12-6-7-13-8-9-14-10-11-4-2-1-3-5-11;6*1-2(3)4/h1-5,13-14H,6-10,12H2;2H,3-4H2,1H3;5*1H3,(H,3,4). The molecule has 0 aliphatic rings. The Balaban J connectivity index is -0.0000000890. The minimum absolute atomic E-state index is 0.167. The molecule has 1 rings (SSSR count). The van der Waals surface area contributed by atoms with E-state index in [1.165, 1.54) is 5.56 Å². The van der Waals surface area contributed by atoms with Gasteiger partial charge in [-0.2, -0.15) is 0 Å². The number of aliphatic carboxylic acids is 5. The van der Waals surface area contributed by atoms with Crippen molar-refractivity contribution in [2.75, 3.05) is 26.2 Å². The van der Waals surface area contributed by atoms with E-state index in [1.807, 2.05) is 6.07 Å². The molecule has 0 aliphatic carbocycles. The number of hydrogen-bond acceptors (Lipinski definition) is 10. The van der Waals surface area contributed by atoms with Crippen LogP contribution >= 0.6 is 0 Å². The van der Waals surface area contributed by atoms with Gasteiger partial charge in [0, 0.05) is 73.5 Å². The molecule has 15 nitrogen and oxygen atoms in total. The van der Waals surface area contributed by atoms with Crippen LogP contribution < -0.4 is 27.8 Å². The lowest BCUT2D eigenvalue weighted by Crippen LogP contribution is -2.30. The highest BCUT2D eigenvalue weighted by Crippen LogP contribution is 1.96. The summed E-state index contributed by atoms with van der Waals surface area (Å²) in [7, 11) is 0. The lowest BCUT2D eigenvalue weighted by Gasteiger charge is -2.05. The van der Waals surface area contributed by atoms with Crippen molar-refractivity contribution >= 4 is 29.8 Å². The van der Waals surface area contributed by atoms with Gasteiger partial charge in [-0.05, 0) is 12.5 Å². The molecule has 0 unspecified atom stereocenters. The topological polar surface area (TPSA) is 289 Å². The second-order valence-corrected chi connectivity index (χ2v) is 6.66. The monoisotopic (exact) mass is 553 g/mol. The number of carbonyl (C=O) groups is 5. The maximum absolute atomic E-state index is 9.00. The number of carboxylic acids is 5. The van der Waals surface area contributed by atoms with Gasteiger partial charge in [-0.25, -0.2) is 0 Å². The molecule has 0 amide bonds. The molecular formula is C23H47N5O10. The smallest absolute Gasteiger partial charge is 0.300 e. The zero-order chi connectivity index (χ0) is 31.5. The molecule has 1 aromatic rings. The van der Waals surface area contributed by atoms with E-state index in [0.29, 0.717) is 6.54 Å². The lowest BCUT2D eigenvalue weighted by molar-refractivity contribution is -0.135. The highest BCUT2D eigenvalue weighted by molar-refractivity contribution is 5.63. The Bertz CT molecular complexity index is 598. The number of carboxylic acid groups (broad SMARTS) is 5. The third-order valence-corrected chi connectivity index (χ3v) is 1.97. The molecule has 0 atom stereocenters. The van der Waals surface area contributed by atoms with Crippen LogP contribution in [-0.2, 0) is 30.5 Å². The van der Waals surface area contributed by atoms with Crippen molar-refractivity contribution < 1.29 is 49.5 Å². The Morgan fingerprint density at radius 3 is 1.18 bits per heavy atom. The van der Waals surface area contributed by atoms with Crippen LogP contribution in [0, 0.1) is 0 Å². The molecule has 0 bridgehead atoms. The zero-order valence-corrected chi connectivity index (χ0v) is 23.0. The molecule has 0 heterocycles. The second kappa shape index (κ2) is 40.5. The fourth-order valence-corrected chi connectivity index (χ4v) is 1.23. The van der Waals surface area contributed by atoms with Crippen LogP contribution in [0.5, 0.6) is 0 Å². The molecular weight excluding hydrogens is 506 g/mol. The van der Waals surface area contributed by atoms with Crippen LogP contribution in [0.1, 0.15) is 47.1 Å². The van der Waals surface area contributed by atoms with E-state index in [-0.39, 0.29) is 6.17 Å². The highest BCUT2D eigenvalue weighted by atomic mass is 16.4. The molecule has 0 fully saturated rings. The van der Waals surface area contributed by atoms with Crippen molar-refractivity contribution in [2.24, 2.45) is 17.2 Å². The summed E-state index contributed by atoms with van der Waals surface area (Å²) in [6.07, 6.45) is -0.167. The maximum Gasteiger partial charge on any atom is 0.300 e. The average Bonchev–Trinajstić information content (AvgIpc) is 2.69. The van der Waals surface area contributed by atoms with Crippen molar-refractivity contribution in [3.8, 4) is 0 Å². The SMILES string of the molecule is CC(=O)O.CC(=O)O.CC(=O)O.CC(=O)O.CC(=O)O.CC(N)N.NCCNCCNCc1ccccc1. The van der Waals surface area contributed by atoms with E-state index >= 15 is 0 Å². The van der Waals surface area contributed by atoms with Gasteiger partial charge in [0.2, 0.25) is 0 Å². The van der Waals surface area contributed by atoms with Crippen molar-refractivity contribution in [3.05, 3.63) is 35.9 Å². The molecule has 0 saturated carbocycles. The number of nitrogens with two attached hydrogens (primary N) is 3. The van der Waals surface area contributed by atoms with Gasteiger partial charge in [-0.1, -0.05) is 30.3 Å². The third kappa shape index (κ3) is 208. The molecule has 224 valence electrons. The summed E-state index contributed by atoms with van der Waals surface area (Å²) in [5, 5.41) is 43.7. The van der Waals surface area contributed by atoms with Crippen LogP contribution in [0.2, 0.25) is 0 Å². The molecule has 0 radical (unpaired) electrons. The van der Waals surface area contributed by atoms with Gasteiger partial charge in [-0.15, -0.1) is 0 Å². The van der Waals surface area contributed by atoms with Gasteiger partial charge >= 0.3 is 0 Å². The molecule has 1 aromatic carbocycles. The van der Waals surface area contributed by atoms with E-state index < -0.39 is 29.8 Å². The first-order valence-corrected chi connectivity index (χ1v) is 11.0. The summed E-state index contributed by atoms with van der Waals surface area (Å²) in [5.41, 5.74) is 16.5. The van der Waals surface area contributed by atoms with E-state index in [0.717, 1.165) is 60.8 Å². The Labute approximate surface area is 224 Å². The highest BCUT2D eigenvalue weighted by Gasteiger charge is 1.89. The average molecular weight is 554 g/mol. The molecule has 15 heteroatoms. The fourth-order valence-electron chi connectivity index (χ4n) is 1.23. The number of benzene rings is 1. The van der Waals surface area contributed by atoms with Crippen molar-refractivity contribution in [3.63, 3.8) is 0 Å². The summed E-state index contributed by atoms with van der Waals surface area (Å²) in [6, 6.07) is 10.4. The van der Waals surface area contributed by atoms with Crippen LogP contribution in [0.15, 0.2) is 30.3 Å². The van der Waals surface area contributed by atoms with Crippen molar-refractivity contribution in [2.45, 2.75) is 54.3 Å². The van der Waals surface area contributed by atoms with Crippen molar-refractivity contribution in [1.29, 1.82) is 0 Å². The van der Waals surface area contributed by atoms with Gasteiger partial charge in [0.1, 0.15) is 0 Å². The Kier molecular flexibility index (Phi) is 50.7. The first kappa shape index (κ1) is 47.6. The summed E-state index contributed by atoms with van der Waals surface area (Å²) in [6.45, 7) is 11.6. The van der Waals surface area contributed by atoms with E-state index in [9.17, 15) is 0 Å². The number of nitrogens with one attached hydrogen (secondary N) is 2. The summed E-state index contributed by atoms with van der Waals surface area (Å²) in [4.78, 5) is 45.0. The van der Waals surface area contributed by atoms with E-state index in [2.05, 4.69) is 34.9 Å². The lowest BCUT2D eigenvalue weighted by atomic mass is 10.2. The second-order valence-electron chi connectivity index (χ2n) is 6.66. The normalized spacial score (nSPS) is 8.05. The van der Waals surface area contributed by atoms with Gasteiger partial charge in [0.25, 0.3) is 29.8 Å². The van der Waals surface area contributed by atoms with Crippen LogP contribution in [-0.4, -0.2) is 87.7 Å². The molecule has 0 spiro atoms. The number of hydrogen-bond donors (Lipinski definition) is 10. The van der Waals surface area contributed by atoms with Gasteiger partial charge < -0.3 is 53.4 Å². The van der Waals surface area contributed by atoms with E-state index in [4.69, 9.17) is 66.7 Å². The molecule has 38 heavy (non-hydrogen) atoms. The first-order chi connectivity index (χ1) is 17.3. The molecule has 0 saturated heterocycles. The Hall–Kier alpha value is -3.63. The molecule has 0 aliphatic heterocycles. The van der Waals surface area contributed by atoms with Crippen LogP contribution in [0.25, 0.3) is 0 Å². The summed E-state index contributed by atoms with van der Waals surface area (Å²) >= 11 is 0. The number of rotatable bonds is 7. The predicted molar refractivity (Wildman–Crippen MR) is 144 cm³/mol. The van der Waals surface area contributed by atoms with Gasteiger partial charge in [0.15, 0.2) is 0 Å². The predicted octanol–water partition coefficient (Wildman–Crippen LogP) is 0.0288. The fraction of sp³-hybridized carbons (Fsp3) is 0.522. The van der Waals surface area contributed by atoms with Crippen molar-refractivity contribution in [1.82, 2.24) is 10.6 Å². The molecule has 0 aromatic heterocycles. The Morgan fingerprint density at radius 1 is 0.658 bits per heavy atom. The summed E-state index contributed by atoms with van der Waals surface area (Å²) < 4.78 is 0. The minimum atomic E-state index is -0.833.